The molecule has 0 unspecified atom stereocenters. The minimum atomic E-state index is 0.230. The van der Waals surface area contributed by atoms with Gasteiger partial charge in [-0.05, 0) is 75.1 Å². The number of benzene rings is 1. The molecule has 1 aliphatic heterocycles. The summed E-state index contributed by atoms with van der Waals surface area (Å²) < 4.78 is 5.59. The molecule has 1 saturated heterocycles. The SMILES string of the molecule is COC1(CCc2ccc(CC3CCNCC3)cc2)CC1. The van der Waals surface area contributed by atoms with Crippen molar-refractivity contribution in [2.45, 2.75) is 50.5 Å². The lowest BCUT2D eigenvalue weighted by molar-refractivity contribution is 0.0731. The van der Waals surface area contributed by atoms with Crippen LogP contribution in [0.1, 0.15) is 43.2 Å². The fourth-order valence-electron chi connectivity index (χ4n) is 3.33. The summed E-state index contributed by atoms with van der Waals surface area (Å²) in [6.07, 6.45) is 8.74. The van der Waals surface area contributed by atoms with Crippen molar-refractivity contribution in [3.63, 3.8) is 0 Å². The first-order valence-corrected chi connectivity index (χ1v) is 8.13. The second kappa shape index (κ2) is 6.28. The Labute approximate surface area is 122 Å². The quantitative estimate of drug-likeness (QED) is 0.858. The first-order valence-electron chi connectivity index (χ1n) is 8.13. The van der Waals surface area contributed by atoms with Gasteiger partial charge in [0.1, 0.15) is 0 Å². The minimum absolute atomic E-state index is 0.230. The van der Waals surface area contributed by atoms with Crippen LogP contribution in [0.15, 0.2) is 24.3 Å². The van der Waals surface area contributed by atoms with Crippen molar-refractivity contribution in [2.24, 2.45) is 5.92 Å². The van der Waals surface area contributed by atoms with E-state index in [1.165, 1.54) is 62.7 Å². The van der Waals surface area contributed by atoms with Crippen molar-refractivity contribution in [1.29, 1.82) is 0 Å². The Morgan fingerprint density at radius 1 is 1.10 bits per heavy atom. The van der Waals surface area contributed by atoms with Gasteiger partial charge in [0.05, 0.1) is 5.60 Å². The van der Waals surface area contributed by atoms with E-state index in [9.17, 15) is 0 Å². The molecular weight excluding hydrogens is 246 g/mol. The zero-order valence-corrected chi connectivity index (χ0v) is 12.7. The van der Waals surface area contributed by atoms with Gasteiger partial charge >= 0.3 is 0 Å². The summed E-state index contributed by atoms with van der Waals surface area (Å²) in [7, 11) is 1.86. The standard InChI is InChI=1S/C18H27NO/c1-20-18(10-11-18)9-6-15-2-4-16(5-3-15)14-17-7-12-19-13-8-17/h2-5,17,19H,6-14H2,1H3. The molecule has 0 aromatic heterocycles. The summed E-state index contributed by atoms with van der Waals surface area (Å²) in [6, 6.07) is 9.32. The van der Waals surface area contributed by atoms with Gasteiger partial charge in [-0.25, -0.2) is 0 Å². The van der Waals surface area contributed by atoms with Crippen molar-refractivity contribution in [3.05, 3.63) is 35.4 Å². The zero-order valence-electron chi connectivity index (χ0n) is 12.7. The Morgan fingerprint density at radius 3 is 2.35 bits per heavy atom. The van der Waals surface area contributed by atoms with Crippen molar-refractivity contribution >= 4 is 0 Å². The summed E-state index contributed by atoms with van der Waals surface area (Å²) >= 11 is 0. The van der Waals surface area contributed by atoms with Crippen molar-refractivity contribution < 1.29 is 4.74 Å². The van der Waals surface area contributed by atoms with E-state index in [4.69, 9.17) is 4.74 Å². The number of methoxy groups -OCH3 is 1. The zero-order chi connectivity index (χ0) is 13.8. The number of piperidine rings is 1. The van der Waals surface area contributed by atoms with E-state index in [1.54, 1.807) is 0 Å². The van der Waals surface area contributed by atoms with Crippen molar-refractivity contribution in [2.75, 3.05) is 20.2 Å². The van der Waals surface area contributed by atoms with Crippen LogP contribution in [0, 0.1) is 5.92 Å². The number of ether oxygens (including phenoxy) is 1. The van der Waals surface area contributed by atoms with Gasteiger partial charge in [-0.1, -0.05) is 24.3 Å². The molecule has 2 nitrogen and oxygen atoms in total. The summed E-state index contributed by atoms with van der Waals surface area (Å²) in [4.78, 5) is 0. The predicted octanol–water partition coefficient (Wildman–Crippen LogP) is 3.34. The molecule has 0 bridgehead atoms. The van der Waals surface area contributed by atoms with Gasteiger partial charge in [0.2, 0.25) is 0 Å². The maximum atomic E-state index is 5.59. The molecule has 0 spiro atoms. The van der Waals surface area contributed by atoms with E-state index < -0.39 is 0 Å². The van der Waals surface area contributed by atoms with Crippen molar-refractivity contribution in [1.82, 2.24) is 5.32 Å². The molecule has 1 N–H and O–H groups in total. The number of hydrogen-bond acceptors (Lipinski definition) is 2. The molecular formula is C18H27NO. The van der Waals surface area contributed by atoms with E-state index in [0.29, 0.717) is 0 Å². The van der Waals surface area contributed by atoms with Crippen LogP contribution in [-0.4, -0.2) is 25.8 Å². The van der Waals surface area contributed by atoms with Gasteiger partial charge in [-0.15, -0.1) is 0 Å². The molecule has 110 valence electrons. The molecule has 0 amide bonds. The lowest BCUT2D eigenvalue weighted by atomic mass is 9.90. The topological polar surface area (TPSA) is 21.3 Å². The Kier molecular flexibility index (Phi) is 4.42. The maximum absolute atomic E-state index is 5.59. The molecule has 1 saturated carbocycles. The van der Waals surface area contributed by atoms with Gasteiger partial charge in [0.25, 0.3) is 0 Å². The third kappa shape index (κ3) is 3.62. The van der Waals surface area contributed by atoms with Crippen LogP contribution in [-0.2, 0) is 17.6 Å². The molecule has 1 aliphatic carbocycles. The Bertz CT molecular complexity index is 416. The third-order valence-corrected chi connectivity index (χ3v) is 5.12. The second-order valence-electron chi connectivity index (χ2n) is 6.60. The average molecular weight is 273 g/mol. The normalized spacial score (nSPS) is 21.9. The molecule has 1 heterocycles. The summed E-state index contributed by atoms with van der Waals surface area (Å²) in [5.74, 6) is 0.880. The summed E-state index contributed by atoms with van der Waals surface area (Å²) in [5, 5.41) is 3.44. The Morgan fingerprint density at radius 2 is 1.75 bits per heavy atom. The van der Waals surface area contributed by atoms with Gasteiger partial charge in [-0.3, -0.25) is 0 Å². The average Bonchev–Trinajstić information content (AvgIpc) is 3.28. The molecule has 2 fully saturated rings. The number of rotatable bonds is 6. The number of hydrogen-bond donors (Lipinski definition) is 1. The second-order valence-corrected chi connectivity index (χ2v) is 6.60. The predicted molar refractivity (Wildman–Crippen MR) is 83.0 cm³/mol. The fourth-order valence-corrected chi connectivity index (χ4v) is 3.33. The third-order valence-electron chi connectivity index (χ3n) is 5.12. The first kappa shape index (κ1) is 14.1. The van der Waals surface area contributed by atoms with Gasteiger partial charge in [-0.2, -0.15) is 0 Å². The molecule has 1 aromatic carbocycles. The van der Waals surface area contributed by atoms with Crippen LogP contribution >= 0.6 is 0 Å². The smallest absolute Gasteiger partial charge is 0.0684 e. The van der Waals surface area contributed by atoms with E-state index >= 15 is 0 Å². The van der Waals surface area contributed by atoms with E-state index in [-0.39, 0.29) is 5.60 Å². The Hall–Kier alpha value is -0.860. The monoisotopic (exact) mass is 273 g/mol. The first-order chi connectivity index (χ1) is 9.80. The largest absolute Gasteiger partial charge is 0.378 e. The fraction of sp³-hybridized carbons (Fsp3) is 0.667. The van der Waals surface area contributed by atoms with Gasteiger partial charge in [0.15, 0.2) is 0 Å². The van der Waals surface area contributed by atoms with E-state index in [0.717, 1.165) is 12.3 Å². The Balaban J connectivity index is 1.49. The highest BCUT2D eigenvalue weighted by Gasteiger charge is 2.42. The molecule has 3 rings (SSSR count). The molecule has 2 heteroatoms. The molecule has 20 heavy (non-hydrogen) atoms. The van der Waals surface area contributed by atoms with Crippen molar-refractivity contribution in [3.8, 4) is 0 Å². The van der Waals surface area contributed by atoms with Gasteiger partial charge < -0.3 is 10.1 Å². The minimum Gasteiger partial charge on any atom is -0.378 e. The van der Waals surface area contributed by atoms with Crippen LogP contribution in [0.3, 0.4) is 0 Å². The molecule has 0 atom stereocenters. The molecule has 0 radical (unpaired) electrons. The molecule has 2 aliphatic rings. The highest BCUT2D eigenvalue weighted by molar-refractivity contribution is 5.23. The molecule has 1 aromatic rings. The van der Waals surface area contributed by atoms with Crippen LogP contribution in [0.2, 0.25) is 0 Å². The number of aryl methyl sites for hydroxylation is 1. The maximum Gasteiger partial charge on any atom is 0.0684 e. The number of nitrogens with one attached hydrogen (secondary N) is 1. The van der Waals surface area contributed by atoms with Crippen LogP contribution in [0.4, 0.5) is 0 Å². The lowest BCUT2D eigenvalue weighted by Crippen LogP contribution is -2.28. The van der Waals surface area contributed by atoms with E-state index in [2.05, 4.69) is 29.6 Å². The van der Waals surface area contributed by atoms with Crippen LogP contribution < -0.4 is 5.32 Å². The summed E-state index contributed by atoms with van der Waals surface area (Å²) in [5.41, 5.74) is 3.20. The van der Waals surface area contributed by atoms with Crippen LogP contribution in [0.25, 0.3) is 0 Å². The van der Waals surface area contributed by atoms with Gasteiger partial charge in [0, 0.05) is 7.11 Å². The van der Waals surface area contributed by atoms with E-state index in [1.807, 2.05) is 7.11 Å². The van der Waals surface area contributed by atoms with Crippen LogP contribution in [0.5, 0.6) is 0 Å². The highest BCUT2D eigenvalue weighted by Crippen LogP contribution is 2.42. The highest BCUT2D eigenvalue weighted by atomic mass is 16.5. The summed E-state index contributed by atoms with van der Waals surface area (Å²) in [6.45, 7) is 2.39. The lowest BCUT2D eigenvalue weighted by Gasteiger charge is -2.22.